The van der Waals surface area contributed by atoms with Gasteiger partial charge in [-0.2, -0.15) is 5.10 Å². The zero-order valence-corrected chi connectivity index (χ0v) is 12.1. The van der Waals surface area contributed by atoms with Crippen molar-refractivity contribution in [3.05, 3.63) is 60.3 Å². The molecule has 0 saturated carbocycles. The highest BCUT2D eigenvalue weighted by Gasteiger charge is 2.29. The summed E-state index contributed by atoms with van der Waals surface area (Å²) in [7, 11) is 0. The van der Waals surface area contributed by atoms with Gasteiger partial charge in [-0.1, -0.05) is 30.3 Å². The predicted octanol–water partition coefficient (Wildman–Crippen LogP) is 3.48. The lowest BCUT2D eigenvalue weighted by Crippen LogP contribution is -2.34. The Kier molecular flexibility index (Phi) is 3.22. The van der Waals surface area contributed by atoms with Crippen LogP contribution in [-0.4, -0.2) is 16.1 Å². The van der Waals surface area contributed by atoms with Crippen molar-refractivity contribution in [3.8, 4) is 0 Å². The molecule has 106 valence electrons. The summed E-state index contributed by atoms with van der Waals surface area (Å²) >= 11 is 0. The highest BCUT2D eigenvalue weighted by atomic mass is 16.2. The second-order valence-corrected chi connectivity index (χ2v) is 5.62. The number of H-pyrrole nitrogens is 1. The van der Waals surface area contributed by atoms with Gasteiger partial charge in [-0.05, 0) is 37.6 Å². The number of nitrogens with one attached hydrogen (secondary N) is 2. The molecule has 21 heavy (non-hydrogen) atoms. The van der Waals surface area contributed by atoms with E-state index in [9.17, 15) is 4.79 Å². The third-order valence-electron chi connectivity index (χ3n) is 3.76. The average Bonchev–Trinajstić information content (AvgIpc) is 2.95. The zero-order chi connectivity index (χ0) is 14.9. The monoisotopic (exact) mass is 279 g/mol. The van der Waals surface area contributed by atoms with Gasteiger partial charge in [0.05, 0.1) is 17.1 Å². The number of aromatic nitrogens is 2. The number of hydrogen-bond donors (Lipinski definition) is 2. The molecule has 4 nitrogen and oxygen atoms in total. The van der Waals surface area contributed by atoms with Crippen LogP contribution in [0, 0.1) is 0 Å². The van der Waals surface area contributed by atoms with E-state index < -0.39 is 5.41 Å². The number of carbonyl (C=O) groups is 1. The average molecular weight is 279 g/mol. The van der Waals surface area contributed by atoms with E-state index in [0.717, 1.165) is 22.2 Å². The Labute approximate surface area is 123 Å². The molecule has 3 aromatic rings. The van der Waals surface area contributed by atoms with E-state index in [-0.39, 0.29) is 5.91 Å². The van der Waals surface area contributed by atoms with Crippen molar-refractivity contribution in [1.29, 1.82) is 0 Å². The molecular weight excluding hydrogens is 262 g/mol. The van der Waals surface area contributed by atoms with Crippen LogP contribution < -0.4 is 5.32 Å². The third-order valence-corrected chi connectivity index (χ3v) is 3.76. The van der Waals surface area contributed by atoms with E-state index in [0.29, 0.717) is 0 Å². The van der Waals surface area contributed by atoms with E-state index >= 15 is 0 Å². The summed E-state index contributed by atoms with van der Waals surface area (Å²) in [5.41, 5.74) is 2.13. The van der Waals surface area contributed by atoms with E-state index in [1.165, 1.54) is 0 Å². The SMILES string of the molecule is CC(C)(C(=O)Nc1ccc2[nH]ncc2c1)c1ccccc1. The number of carbonyl (C=O) groups excluding carboxylic acids is 1. The largest absolute Gasteiger partial charge is 0.325 e. The maximum atomic E-state index is 12.6. The number of anilines is 1. The van der Waals surface area contributed by atoms with Crippen LogP contribution in [0.4, 0.5) is 5.69 Å². The number of amides is 1. The maximum absolute atomic E-state index is 12.6. The highest BCUT2D eigenvalue weighted by molar-refractivity contribution is 5.99. The molecule has 0 atom stereocenters. The molecule has 0 unspecified atom stereocenters. The quantitative estimate of drug-likeness (QED) is 0.771. The molecule has 0 aliphatic rings. The normalized spacial score (nSPS) is 11.5. The number of aromatic amines is 1. The minimum atomic E-state index is -0.591. The fraction of sp³-hybridized carbons (Fsp3) is 0.176. The Morgan fingerprint density at radius 2 is 1.90 bits per heavy atom. The van der Waals surface area contributed by atoms with Crippen LogP contribution in [-0.2, 0) is 10.2 Å². The zero-order valence-electron chi connectivity index (χ0n) is 12.1. The lowest BCUT2D eigenvalue weighted by Gasteiger charge is -2.24. The first kappa shape index (κ1) is 13.4. The topological polar surface area (TPSA) is 57.8 Å². The van der Waals surface area contributed by atoms with Crippen molar-refractivity contribution in [3.63, 3.8) is 0 Å². The van der Waals surface area contributed by atoms with Crippen LogP contribution in [0.25, 0.3) is 10.9 Å². The van der Waals surface area contributed by atoms with Gasteiger partial charge in [0.25, 0.3) is 0 Å². The van der Waals surface area contributed by atoms with Gasteiger partial charge in [-0.15, -0.1) is 0 Å². The van der Waals surface area contributed by atoms with Crippen LogP contribution in [0.1, 0.15) is 19.4 Å². The van der Waals surface area contributed by atoms with Gasteiger partial charge in [0.15, 0.2) is 0 Å². The number of benzene rings is 2. The lowest BCUT2D eigenvalue weighted by atomic mass is 9.83. The Morgan fingerprint density at radius 3 is 2.67 bits per heavy atom. The summed E-state index contributed by atoms with van der Waals surface area (Å²) < 4.78 is 0. The second kappa shape index (κ2) is 5.05. The molecule has 0 aliphatic carbocycles. The molecule has 3 rings (SSSR count). The van der Waals surface area contributed by atoms with Crippen molar-refractivity contribution in [2.75, 3.05) is 5.32 Å². The van der Waals surface area contributed by atoms with Gasteiger partial charge in [0, 0.05) is 11.1 Å². The molecule has 2 aromatic carbocycles. The van der Waals surface area contributed by atoms with E-state index in [4.69, 9.17) is 0 Å². The molecule has 0 bridgehead atoms. The smallest absolute Gasteiger partial charge is 0.234 e. The van der Waals surface area contributed by atoms with Crippen molar-refractivity contribution in [1.82, 2.24) is 10.2 Å². The van der Waals surface area contributed by atoms with Crippen molar-refractivity contribution < 1.29 is 4.79 Å². The van der Waals surface area contributed by atoms with Gasteiger partial charge in [-0.25, -0.2) is 0 Å². The summed E-state index contributed by atoms with van der Waals surface area (Å²) in [6, 6.07) is 15.5. The van der Waals surface area contributed by atoms with Crippen LogP contribution in [0.15, 0.2) is 54.7 Å². The third kappa shape index (κ3) is 2.52. The van der Waals surface area contributed by atoms with E-state index in [1.54, 1.807) is 6.20 Å². The van der Waals surface area contributed by atoms with Gasteiger partial charge in [0.2, 0.25) is 5.91 Å². The highest BCUT2D eigenvalue weighted by Crippen LogP contribution is 2.25. The van der Waals surface area contributed by atoms with E-state index in [2.05, 4.69) is 15.5 Å². The van der Waals surface area contributed by atoms with Crippen LogP contribution in [0.3, 0.4) is 0 Å². The molecule has 1 amide bonds. The number of nitrogens with zero attached hydrogens (tertiary/aromatic N) is 1. The number of fused-ring (bicyclic) bond motifs is 1. The Morgan fingerprint density at radius 1 is 1.14 bits per heavy atom. The molecule has 1 heterocycles. The van der Waals surface area contributed by atoms with Crippen molar-refractivity contribution in [2.45, 2.75) is 19.3 Å². The Bertz CT molecular complexity index is 775. The Balaban J connectivity index is 1.85. The summed E-state index contributed by atoms with van der Waals surface area (Å²) in [4.78, 5) is 12.6. The molecule has 0 radical (unpaired) electrons. The van der Waals surface area contributed by atoms with Crippen LogP contribution in [0.2, 0.25) is 0 Å². The molecule has 4 heteroatoms. The van der Waals surface area contributed by atoms with Crippen LogP contribution in [0.5, 0.6) is 0 Å². The lowest BCUT2D eigenvalue weighted by molar-refractivity contribution is -0.120. The molecule has 1 aromatic heterocycles. The summed E-state index contributed by atoms with van der Waals surface area (Å²) in [5.74, 6) is -0.0310. The predicted molar refractivity (Wildman–Crippen MR) is 84.2 cm³/mol. The van der Waals surface area contributed by atoms with Crippen LogP contribution >= 0.6 is 0 Å². The van der Waals surface area contributed by atoms with Gasteiger partial charge in [-0.3, -0.25) is 9.89 Å². The fourth-order valence-corrected chi connectivity index (χ4v) is 2.29. The summed E-state index contributed by atoms with van der Waals surface area (Å²) in [6.45, 7) is 3.85. The molecule has 0 fully saturated rings. The Hall–Kier alpha value is -2.62. The molecular formula is C17H17N3O. The van der Waals surface area contributed by atoms with Crippen molar-refractivity contribution >= 4 is 22.5 Å². The van der Waals surface area contributed by atoms with E-state index in [1.807, 2.05) is 62.4 Å². The van der Waals surface area contributed by atoms with Gasteiger partial charge < -0.3 is 5.32 Å². The fourth-order valence-electron chi connectivity index (χ4n) is 2.29. The standard InChI is InChI=1S/C17H17N3O/c1-17(2,13-6-4-3-5-7-13)16(21)19-14-8-9-15-12(10-14)11-18-20-15/h3-11H,1-2H3,(H,18,20)(H,19,21). The molecule has 0 spiro atoms. The minimum Gasteiger partial charge on any atom is -0.325 e. The number of hydrogen-bond acceptors (Lipinski definition) is 2. The summed E-state index contributed by atoms with van der Waals surface area (Å²) in [5, 5.41) is 10.8. The maximum Gasteiger partial charge on any atom is 0.234 e. The molecule has 2 N–H and O–H groups in total. The van der Waals surface area contributed by atoms with Gasteiger partial charge in [0.1, 0.15) is 0 Å². The van der Waals surface area contributed by atoms with Crippen molar-refractivity contribution in [2.24, 2.45) is 0 Å². The first-order valence-corrected chi connectivity index (χ1v) is 6.87. The second-order valence-electron chi connectivity index (χ2n) is 5.62. The minimum absolute atomic E-state index is 0.0310. The first-order valence-electron chi connectivity index (χ1n) is 6.87. The molecule has 0 saturated heterocycles. The van der Waals surface area contributed by atoms with Gasteiger partial charge >= 0.3 is 0 Å². The number of rotatable bonds is 3. The first-order chi connectivity index (χ1) is 10.1. The molecule has 0 aliphatic heterocycles. The summed E-state index contributed by atoms with van der Waals surface area (Å²) in [6.07, 6.45) is 1.74.